The zero-order valence-corrected chi connectivity index (χ0v) is 32.1. The number of para-hydroxylation sites is 1. The SMILES string of the molecule is C=C1C=CC2(c3nc(-c4ccc(-c5cccc6c7ccc(-c8ccccc8)cc7n(CC)c56)cc4)nc(-c4cccc5c4sc4ccccc45)n3)C=CC=C(C2)O1. The summed E-state index contributed by atoms with van der Waals surface area (Å²) in [7, 11) is 0. The van der Waals surface area contributed by atoms with Crippen LogP contribution in [-0.4, -0.2) is 19.5 Å². The topological polar surface area (TPSA) is 52.8 Å². The summed E-state index contributed by atoms with van der Waals surface area (Å²) in [6.45, 7) is 7.19. The van der Waals surface area contributed by atoms with E-state index >= 15 is 0 Å². The molecule has 2 bridgehead atoms. The normalized spacial score (nSPS) is 16.4. The van der Waals surface area contributed by atoms with Crippen LogP contribution in [0.4, 0.5) is 0 Å². The summed E-state index contributed by atoms with van der Waals surface area (Å²) in [5.41, 5.74) is 8.56. The Hall–Kier alpha value is -6.89. The molecule has 2 aliphatic rings. The molecular formula is C51H36N4OS. The first-order valence-corrected chi connectivity index (χ1v) is 20.2. The molecule has 4 heterocycles. The summed E-state index contributed by atoms with van der Waals surface area (Å²) < 4.78 is 10.9. The number of fused-ring (bicyclic) bond motifs is 8. The van der Waals surface area contributed by atoms with Crippen LogP contribution in [0.3, 0.4) is 0 Å². The highest BCUT2D eigenvalue weighted by Crippen LogP contribution is 2.43. The lowest BCUT2D eigenvalue weighted by Crippen LogP contribution is -2.27. The van der Waals surface area contributed by atoms with Crippen LogP contribution in [0.2, 0.25) is 0 Å². The number of allylic oxidation sites excluding steroid dienone is 6. The summed E-state index contributed by atoms with van der Waals surface area (Å²) in [4.78, 5) is 15.8. The lowest BCUT2D eigenvalue weighted by Gasteiger charge is -2.27. The van der Waals surface area contributed by atoms with E-state index in [1.807, 2.05) is 18.2 Å². The zero-order valence-electron chi connectivity index (χ0n) is 31.3. The summed E-state index contributed by atoms with van der Waals surface area (Å²) >= 11 is 1.78. The van der Waals surface area contributed by atoms with Crippen molar-refractivity contribution in [2.24, 2.45) is 0 Å². The number of hydrogen-bond acceptors (Lipinski definition) is 5. The molecule has 1 aliphatic carbocycles. The van der Waals surface area contributed by atoms with Crippen LogP contribution in [-0.2, 0) is 16.7 Å². The molecule has 3 aromatic heterocycles. The largest absolute Gasteiger partial charge is 0.462 e. The zero-order chi connectivity index (χ0) is 38.1. The van der Waals surface area contributed by atoms with Crippen LogP contribution in [0.1, 0.15) is 19.2 Å². The number of nitrogens with zero attached hydrogens (tertiary/aromatic N) is 4. The summed E-state index contributed by atoms with van der Waals surface area (Å²) in [6, 6.07) is 47.8. The molecule has 9 aromatic rings. The standard InChI is InChI=1S/C51H36N4OS/c1-3-55-44-30-36(33-12-5-4-6-13-33)25-26-39(44)41-17-9-16-38(46(41)55)34-21-23-35(24-22-34)48-52-49(43-19-10-18-42-40-15-7-8-20-45(40)57-47(42)43)54-50(53-48)51-28-11-14-37(31-51)56-32(2)27-29-51/h4-30H,2-3,31H2,1H3. The molecule has 0 amide bonds. The molecule has 1 atom stereocenters. The van der Waals surface area contributed by atoms with Crippen molar-refractivity contribution in [3.05, 3.63) is 188 Å². The molecule has 11 rings (SSSR count). The Morgan fingerprint density at radius 3 is 2.26 bits per heavy atom. The van der Waals surface area contributed by atoms with E-state index in [0.29, 0.717) is 29.7 Å². The molecule has 0 radical (unpaired) electrons. The van der Waals surface area contributed by atoms with Crippen LogP contribution in [0.25, 0.3) is 87.0 Å². The van der Waals surface area contributed by atoms with Crippen molar-refractivity contribution < 1.29 is 4.74 Å². The van der Waals surface area contributed by atoms with Crippen molar-refractivity contribution in [2.75, 3.05) is 0 Å². The average Bonchev–Trinajstić information content (AvgIpc) is 3.78. The highest BCUT2D eigenvalue weighted by atomic mass is 32.1. The Balaban J connectivity index is 1.06. The van der Waals surface area contributed by atoms with E-state index in [1.54, 1.807) is 11.3 Å². The first kappa shape index (κ1) is 33.4. The second kappa shape index (κ2) is 13.1. The van der Waals surface area contributed by atoms with E-state index in [9.17, 15) is 0 Å². The Morgan fingerprint density at radius 2 is 1.40 bits per heavy atom. The second-order valence-electron chi connectivity index (χ2n) is 14.8. The summed E-state index contributed by atoms with van der Waals surface area (Å²) in [5.74, 6) is 3.39. The molecular weight excluding hydrogens is 717 g/mol. The van der Waals surface area contributed by atoms with E-state index < -0.39 is 5.41 Å². The van der Waals surface area contributed by atoms with Gasteiger partial charge in [-0.25, -0.2) is 15.0 Å². The first-order valence-electron chi connectivity index (χ1n) is 19.4. The van der Waals surface area contributed by atoms with Crippen LogP contribution in [0.5, 0.6) is 0 Å². The highest BCUT2D eigenvalue weighted by Gasteiger charge is 2.36. The quantitative estimate of drug-likeness (QED) is 0.170. The molecule has 5 nitrogen and oxygen atoms in total. The number of benzene rings is 6. The predicted octanol–water partition coefficient (Wildman–Crippen LogP) is 13.2. The van der Waals surface area contributed by atoms with E-state index in [1.165, 1.54) is 54.0 Å². The van der Waals surface area contributed by atoms with E-state index in [2.05, 4.69) is 164 Å². The Kier molecular flexibility index (Phi) is 7.69. The van der Waals surface area contributed by atoms with Gasteiger partial charge in [0.05, 0.1) is 10.9 Å². The van der Waals surface area contributed by atoms with E-state index in [0.717, 1.165) is 33.7 Å². The highest BCUT2D eigenvalue weighted by molar-refractivity contribution is 7.26. The average molecular weight is 753 g/mol. The Labute approximate surface area is 334 Å². The fourth-order valence-corrected chi connectivity index (χ4v) is 9.88. The van der Waals surface area contributed by atoms with Gasteiger partial charge in [-0.05, 0) is 54.0 Å². The molecule has 0 saturated carbocycles. The van der Waals surface area contributed by atoms with Crippen LogP contribution in [0.15, 0.2) is 182 Å². The molecule has 57 heavy (non-hydrogen) atoms. The lowest BCUT2D eigenvalue weighted by atomic mass is 9.79. The third-order valence-corrected chi connectivity index (χ3v) is 12.7. The molecule has 272 valence electrons. The second-order valence-corrected chi connectivity index (χ2v) is 15.9. The van der Waals surface area contributed by atoms with E-state index in [4.69, 9.17) is 19.7 Å². The molecule has 0 fully saturated rings. The predicted molar refractivity (Wildman–Crippen MR) is 236 cm³/mol. The number of aromatic nitrogens is 4. The number of thiophene rings is 1. The molecule has 1 aliphatic heterocycles. The number of ether oxygens (including phenoxy) is 1. The van der Waals surface area contributed by atoms with E-state index in [-0.39, 0.29) is 0 Å². The molecule has 6 heteroatoms. The molecule has 6 aromatic carbocycles. The lowest BCUT2D eigenvalue weighted by molar-refractivity contribution is 0.298. The number of aryl methyl sites for hydroxylation is 1. The van der Waals surface area contributed by atoms with Gasteiger partial charge in [0.1, 0.15) is 17.3 Å². The van der Waals surface area contributed by atoms with Gasteiger partial charge in [-0.1, -0.05) is 140 Å². The van der Waals surface area contributed by atoms with Gasteiger partial charge in [0.25, 0.3) is 0 Å². The molecule has 1 unspecified atom stereocenters. The fourth-order valence-electron chi connectivity index (χ4n) is 8.67. The fraction of sp³-hybridized carbons (Fsp3) is 0.0784. The minimum Gasteiger partial charge on any atom is -0.462 e. The smallest absolute Gasteiger partial charge is 0.165 e. The third kappa shape index (κ3) is 5.47. The maximum atomic E-state index is 6.05. The van der Waals surface area contributed by atoms with Gasteiger partial charge >= 0.3 is 0 Å². The Morgan fingerprint density at radius 1 is 0.667 bits per heavy atom. The minimum atomic E-state index is -0.618. The monoisotopic (exact) mass is 752 g/mol. The summed E-state index contributed by atoms with van der Waals surface area (Å²) in [6.07, 6.45) is 10.8. The van der Waals surface area contributed by atoms with Crippen molar-refractivity contribution in [1.29, 1.82) is 0 Å². The maximum absolute atomic E-state index is 6.05. The molecule has 0 N–H and O–H groups in total. The Bertz CT molecular complexity index is 3190. The van der Waals surface area contributed by atoms with Crippen molar-refractivity contribution in [2.45, 2.75) is 25.3 Å². The summed E-state index contributed by atoms with van der Waals surface area (Å²) in [5, 5.41) is 4.96. The molecule has 0 saturated heterocycles. The van der Waals surface area contributed by atoms with Gasteiger partial charge in [0.2, 0.25) is 0 Å². The first-order chi connectivity index (χ1) is 28.0. The number of rotatable bonds is 6. The van der Waals surface area contributed by atoms with Crippen molar-refractivity contribution in [1.82, 2.24) is 19.5 Å². The van der Waals surface area contributed by atoms with Crippen LogP contribution >= 0.6 is 11.3 Å². The van der Waals surface area contributed by atoms with Gasteiger partial charge in [0.15, 0.2) is 11.6 Å². The van der Waals surface area contributed by atoms with Crippen molar-refractivity contribution in [3.63, 3.8) is 0 Å². The van der Waals surface area contributed by atoms with Gasteiger partial charge in [-0.2, -0.15) is 0 Å². The maximum Gasteiger partial charge on any atom is 0.165 e. The minimum absolute atomic E-state index is 0.593. The van der Waals surface area contributed by atoms with Crippen LogP contribution in [0, 0.1) is 0 Å². The van der Waals surface area contributed by atoms with Crippen molar-refractivity contribution in [3.8, 4) is 45.0 Å². The van der Waals surface area contributed by atoms with Crippen LogP contribution < -0.4 is 0 Å². The molecule has 0 spiro atoms. The van der Waals surface area contributed by atoms with Gasteiger partial charge in [-0.3, -0.25) is 0 Å². The van der Waals surface area contributed by atoms with Crippen molar-refractivity contribution >= 4 is 53.3 Å². The van der Waals surface area contributed by atoms with Gasteiger partial charge < -0.3 is 9.30 Å². The van der Waals surface area contributed by atoms with Gasteiger partial charge in [-0.15, -0.1) is 11.3 Å². The third-order valence-electron chi connectivity index (χ3n) is 11.4. The number of hydrogen-bond donors (Lipinski definition) is 0. The van der Waals surface area contributed by atoms with Gasteiger partial charge in [0, 0.05) is 66.1 Å².